The fourth-order valence-corrected chi connectivity index (χ4v) is 5.59. The third kappa shape index (κ3) is 5.12. The Morgan fingerprint density at radius 2 is 1.82 bits per heavy atom. The van der Waals surface area contributed by atoms with E-state index in [1.54, 1.807) is 17.6 Å². The number of hydrogen-bond donors (Lipinski definition) is 0. The van der Waals surface area contributed by atoms with Crippen molar-refractivity contribution < 1.29 is 13.9 Å². The molecule has 200 valence electrons. The normalized spacial score (nSPS) is 15.3. The quantitative estimate of drug-likeness (QED) is 0.317. The van der Waals surface area contributed by atoms with E-state index >= 15 is 0 Å². The number of hydrogen-bond acceptors (Lipinski definition) is 7. The van der Waals surface area contributed by atoms with Crippen LogP contribution < -0.4 is 19.8 Å². The number of thiazole rings is 1. The highest BCUT2D eigenvalue weighted by Crippen LogP contribution is 2.35. The Bertz CT molecular complexity index is 1710. The standard InChI is InChI=1S/C31H31N3O4S/c1-6-37-30(36)26-27(21-10-8-7-9-11-21)32-31-34(28(26)22-14-12-20(13-15-22)19(2)3)29(35)24(39-31)18-23-16-17-25(38-23)33(4)5/h7-19,28H,6H2,1-5H3/b24-18-/t28-/m1/s1. The SMILES string of the molecule is CCOC(=O)C1=C(c2ccccc2)N=c2s/c(=C\c3ccc(N(C)C)o3)c(=O)n2[C@@H]1c1ccc(C(C)C)cc1. The maximum Gasteiger partial charge on any atom is 0.338 e. The number of anilines is 1. The number of esters is 1. The minimum Gasteiger partial charge on any atom is -0.463 e. The van der Waals surface area contributed by atoms with E-state index in [4.69, 9.17) is 14.1 Å². The van der Waals surface area contributed by atoms with Gasteiger partial charge in [0, 0.05) is 31.8 Å². The van der Waals surface area contributed by atoms with Crippen molar-refractivity contribution in [2.75, 3.05) is 25.6 Å². The molecule has 5 rings (SSSR count). The summed E-state index contributed by atoms with van der Waals surface area (Å²) < 4.78 is 13.5. The van der Waals surface area contributed by atoms with E-state index in [2.05, 4.69) is 13.8 Å². The lowest BCUT2D eigenvalue weighted by Crippen LogP contribution is -2.40. The maximum atomic E-state index is 13.9. The molecule has 2 aromatic carbocycles. The molecule has 0 fully saturated rings. The van der Waals surface area contributed by atoms with Crippen molar-refractivity contribution in [2.24, 2.45) is 4.99 Å². The van der Waals surface area contributed by atoms with Crippen LogP contribution in [-0.4, -0.2) is 31.2 Å². The molecular weight excluding hydrogens is 510 g/mol. The molecule has 0 saturated carbocycles. The van der Waals surface area contributed by atoms with Crippen LogP contribution >= 0.6 is 11.3 Å². The molecule has 1 aliphatic heterocycles. The minimum absolute atomic E-state index is 0.209. The summed E-state index contributed by atoms with van der Waals surface area (Å²) in [6, 6.07) is 20.6. The topological polar surface area (TPSA) is 77.0 Å². The second-order valence-electron chi connectivity index (χ2n) is 9.82. The highest BCUT2D eigenvalue weighted by atomic mass is 32.1. The van der Waals surface area contributed by atoms with Gasteiger partial charge in [-0.05, 0) is 30.0 Å². The van der Waals surface area contributed by atoms with Gasteiger partial charge < -0.3 is 14.1 Å². The summed E-state index contributed by atoms with van der Waals surface area (Å²) in [6.45, 7) is 6.24. The predicted molar refractivity (Wildman–Crippen MR) is 155 cm³/mol. The van der Waals surface area contributed by atoms with Crippen molar-refractivity contribution >= 4 is 35.0 Å². The average molecular weight is 542 g/mol. The van der Waals surface area contributed by atoms with Gasteiger partial charge in [-0.1, -0.05) is 79.8 Å². The van der Waals surface area contributed by atoms with E-state index in [0.29, 0.717) is 38.2 Å². The third-order valence-electron chi connectivity index (χ3n) is 6.62. The molecule has 0 unspecified atom stereocenters. The largest absolute Gasteiger partial charge is 0.463 e. The first-order valence-electron chi connectivity index (χ1n) is 12.9. The number of carbonyl (C=O) groups is 1. The van der Waals surface area contributed by atoms with Crippen molar-refractivity contribution in [2.45, 2.75) is 32.7 Å². The first-order chi connectivity index (χ1) is 18.8. The Labute approximate surface area is 231 Å². The Morgan fingerprint density at radius 1 is 1.10 bits per heavy atom. The molecule has 0 amide bonds. The van der Waals surface area contributed by atoms with Gasteiger partial charge >= 0.3 is 5.97 Å². The van der Waals surface area contributed by atoms with Crippen LogP contribution in [0.5, 0.6) is 0 Å². The zero-order valence-corrected chi connectivity index (χ0v) is 23.5. The third-order valence-corrected chi connectivity index (χ3v) is 7.60. The zero-order chi connectivity index (χ0) is 27.7. The van der Waals surface area contributed by atoms with Gasteiger partial charge in [0.25, 0.3) is 5.56 Å². The highest BCUT2D eigenvalue weighted by molar-refractivity contribution is 7.07. The molecule has 8 heteroatoms. The summed E-state index contributed by atoms with van der Waals surface area (Å²) in [6.07, 6.45) is 1.73. The summed E-state index contributed by atoms with van der Waals surface area (Å²) in [7, 11) is 3.78. The van der Waals surface area contributed by atoms with Gasteiger partial charge in [0.05, 0.1) is 28.5 Å². The highest BCUT2D eigenvalue weighted by Gasteiger charge is 2.35. The average Bonchev–Trinajstić information content (AvgIpc) is 3.53. The Hall–Kier alpha value is -4.17. The zero-order valence-electron chi connectivity index (χ0n) is 22.7. The first kappa shape index (κ1) is 26.4. The van der Waals surface area contributed by atoms with Crippen LogP contribution in [0.15, 0.2) is 86.5 Å². The van der Waals surface area contributed by atoms with Crippen LogP contribution in [0, 0.1) is 0 Å². The van der Waals surface area contributed by atoms with Gasteiger partial charge in [-0.2, -0.15) is 0 Å². The molecule has 2 aromatic heterocycles. The molecule has 0 spiro atoms. The van der Waals surface area contributed by atoms with Crippen LogP contribution in [0.4, 0.5) is 5.88 Å². The molecule has 0 N–H and O–H groups in total. The van der Waals surface area contributed by atoms with Gasteiger partial charge in [-0.25, -0.2) is 9.79 Å². The van der Waals surface area contributed by atoms with Crippen molar-refractivity contribution in [3.05, 3.63) is 114 Å². The summed E-state index contributed by atoms with van der Waals surface area (Å²) in [5.41, 5.74) is 3.37. The maximum absolute atomic E-state index is 13.9. The van der Waals surface area contributed by atoms with E-state index in [-0.39, 0.29) is 12.2 Å². The molecule has 0 aliphatic carbocycles. The van der Waals surface area contributed by atoms with Crippen LogP contribution in [-0.2, 0) is 9.53 Å². The number of rotatable bonds is 7. The molecule has 0 saturated heterocycles. The van der Waals surface area contributed by atoms with Crippen LogP contribution in [0.1, 0.15) is 55.2 Å². The van der Waals surface area contributed by atoms with E-state index in [1.165, 1.54) is 16.9 Å². The van der Waals surface area contributed by atoms with E-state index in [0.717, 1.165) is 11.1 Å². The minimum atomic E-state index is -0.701. The van der Waals surface area contributed by atoms with Gasteiger partial charge in [-0.3, -0.25) is 9.36 Å². The van der Waals surface area contributed by atoms with Crippen LogP contribution in [0.2, 0.25) is 0 Å². The summed E-state index contributed by atoms with van der Waals surface area (Å²) in [5.74, 6) is 1.11. The summed E-state index contributed by atoms with van der Waals surface area (Å²) in [4.78, 5) is 34.7. The number of carbonyl (C=O) groups excluding carboxylic acids is 1. The lowest BCUT2D eigenvalue weighted by molar-refractivity contribution is -0.138. The summed E-state index contributed by atoms with van der Waals surface area (Å²) >= 11 is 1.27. The molecule has 4 aromatic rings. The molecule has 7 nitrogen and oxygen atoms in total. The monoisotopic (exact) mass is 541 g/mol. The smallest absolute Gasteiger partial charge is 0.338 e. The van der Waals surface area contributed by atoms with Crippen molar-refractivity contribution in [3.8, 4) is 0 Å². The van der Waals surface area contributed by atoms with Crippen molar-refractivity contribution in [1.82, 2.24) is 4.57 Å². The number of fused-ring (bicyclic) bond motifs is 1. The molecular formula is C31H31N3O4S. The molecule has 39 heavy (non-hydrogen) atoms. The number of nitrogens with zero attached hydrogens (tertiary/aromatic N) is 3. The van der Waals surface area contributed by atoms with Gasteiger partial charge in [-0.15, -0.1) is 0 Å². The van der Waals surface area contributed by atoms with Crippen LogP contribution in [0.25, 0.3) is 11.8 Å². The number of furan rings is 1. The number of aromatic nitrogens is 1. The van der Waals surface area contributed by atoms with E-state index < -0.39 is 12.0 Å². The van der Waals surface area contributed by atoms with Gasteiger partial charge in [0.1, 0.15) is 5.76 Å². The predicted octanol–water partition coefficient (Wildman–Crippen LogP) is 4.72. The first-order valence-corrected chi connectivity index (χ1v) is 13.8. The van der Waals surface area contributed by atoms with Crippen LogP contribution in [0.3, 0.4) is 0 Å². The number of ether oxygens (including phenoxy) is 1. The molecule has 0 bridgehead atoms. The van der Waals surface area contributed by atoms with Gasteiger partial charge in [0.2, 0.25) is 0 Å². The lowest BCUT2D eigenvalue weighted by Gasteiger charge is -2.26. The molecule has 1 atom stereocenters. The van der Waals surface area contributed by atoms with Gasteiger partial charge in [0.15, 0.2) is 10.7 Å². The summed E-state index contributed by atoms with van der Waals surface area (Å²) in [5, 5.41) is 0. The van der Waals surface area contributed by atoms with E-state index in [9.17, 15) is 9.59 Å². The molecule has 1 aliphatic rings. The van der Waals surface area contributed by atoms with E-state index in [1.807, 2.05) is 85.7 Å². The lowest BCUT2D eigenvalue weighted by atomic mass is 9.91. The Kier molecular flexibility index (Phi) is 7.39. The fourth-order valence-electron chi connectivity index (χ4n) is 4.61. The van der Waals surface area contributed by atoms with Crippen molar-refractivity contribution in [1.29, 1.82) is 0 Å². The Balaban J connectivity index is 1.79. The second kappa shape index (κ2) is 10.9. The molecule has 0 radical (unpaired) electrons. The van der Waals surface area contributed by atoms with Crippen molar-refractivity contribution in [3.63, 3.8) is 0 Å². The fraction of sp³-hybridized carbons (Fsp3) is 0.258. The second-order valence-corrected chi connectivity index (χ2v) is 10.8. The molecule has 3 heterocycles. The number of benzene rings is 2. The Morgan fingerprint density at radius 3 is 2.44 bits per heavy atom.